The summed E-state index contributed by atoms with van der Waals surface area (Å²) in [5.74, 6) is 0.00112. The molecule has 1 saturated heterocycles. The second-order valence-electron chi connectivity index (χ2n) is 4.97. The Morgan fingerprint density at radius 3 is 3.11 bits per heavy atom. The van der Waals surface area contributed by atoms with Crippen molar-refractivity contribution in [3.8, 4) is 0 Å². The lowest BCUT2D eigenvalue weighted by Gasteiger charge is -2.32. The minimum atomic E-state index is 0.00112. The summed E-state index contributed by atoms with van der Waals surface area (Å²) >= 11 is 0. The molecular formula is C13H17N5O. The Bertz CT molecular complexity index is 559. The average molecular weight is 259 g/mol. The third kappa shape index (κ3) is 2.38. The van der Waals surface area contributed by atoms with Crippen molar-refractivity contribution in [3.63, 3.8) is 0 Å². The molecule has 0 aromatic carbocycles. The monoisotopic (exact) mass is 259 g/mol. The molecule has 0 spiro atoms. The van der Waals surface area contributed by atoms with Crippen LogP contribution in [0.5, 0.6) is 0 Å². The molecule has 1 aliphatic heterocycles. The van der Waals surface area contributed by atoms with Gasteiger partial charge in [0.05, 0.1) is 6.04 Å². The molecule has 6 nitrogen and oxygen atoms in total. The fourth-order valence-corrected chi connectivity index (χ4v) is 2.54. The van der Waals surface area contributed by atoms with Gasteiger partial charge in [-0.25, -0.2) is 0 Å². The molecule has 0 radical (unpaired) electrons. The van der Waals surface area contributed by atoms with E-state index in [4.69, 9.17) is 0 Å². The third-order valence-corrected chi connectivity index (χ3v) is 3.51. The highest BCUT2D eigenvalue weighted by molar-refractivity contribution is 5.92. The maximum Gasteiger partial charge on any atom is 0.274 e. The number of hydrogen-bond acceptors (Lipinski definition) is 3. The van der Waals surface area contributed by atoms with E-state index in [1.807, 2.05) is 28.8 Å². The molecule has 3 heterocycles. The zero-order valence-corrected chi connectivity index (χ0v) is 10.9. The zero-order valence-electron chi connectivity index (χ0n) is 10.9. The largest absolute Gasteiger partial charge is 0.335 e. The lowest BCUT2D eigenvalue weighted by molar-refractivity contribution is 0.0667. The molecule has 19 heavy (non-hydrogen) atoms. The van der Waals surface area contributed by atoms with Gasteiger partial charge in [-0.15, -0.1) is 0 Å². The van der Waals surface area contributed by atoms with Crippen LogP contribution in [0.15, 0.2) is 24.5 Å². The van der Waals surface area contributed by atoms with Crippen molar-refractivity contribution in [2.24, 2.45) is 0 Å². The second-order valence-corrected chi connectivity index (χ2v) is 4.97. The van der Waals surface area contributed by atoms with E-state index in [2.05, 4.69) is 15.3 Å². The van der Waals surface area contributed by atoms with Crippen LogP contribution >= 0.6 is 0 Å². The minimum Gasteiger partial charge on any atom is -0.335 e. The number of aromatic nitrogens is 4. The number of carbonyl (C=O) groups is 1. The molecule has 0 saturated carbocycles. The highest BCUT2D eigenvalue weighted by Crippen LogP contribution is 2.21. The van der Waals surface area contributed by atoms with Crippen molar-refractivity contribution in [3.05, 3.63) is 35.9 Å². The van der Waals surface area contributed by atoms with Crippen LogP contribution < -0.4 is 0 Å². The zero-order chi connectivity index (χ0) is 13.2. The smallest absolute Gasteiger partial charge is 0.274 e. The van der Waals surface area contributed by atoms with Gasteiger partial charge in [0.25, 0.3) is 5.91 Å². The third-order valence-electron chi connectivity index (χ3n) is 3.51. The number of rotatable bonds is 2. The topological polar surface area (TPSA) is 66.8 Å². The van der Waals surface area contributed by atoms with E-state index < -0.39 is 0 Å². The summed E-state index contributed by atoms with van der Waals surface area (Å²) in [6, 6.07) is 3.98. The SMILES string of the molecule is Cc1cc(C(=O)N2CCC[C@H](n3cccn3)C2)n[nH]1. The van der Waals surface area contributed by atoms with Crippen molar-refractivity contribution in [1.82, 2.24) is 24.9 Å². The van der Waals surface area contributed by atoms with Gasteiger partial charge >= 0.3 is 0 Å². The number of aryl methyl sites for hydroxylation is 1. The first-order chi connectivity index (χ1) is 9.24. The summed E-state index contributed by atoms with van der Waals surface area (Å²) in [6.45, 7) is 3.39. The maximum absolute atomic E-state index is 12.3. The fourth-order valence-electron chi connectivity index (χ4n) is 2.54. The molecule has 1 fully saturated rings. The molecule has 6 heteroatoms. The Labute approximate surface area is 111 Å². The second kappa shape index (κ2) is 4.87. The van der Waals surface area contributed by atoms with Crippen LogP contribution in [0.4, 0.5) is 0 Å². The molecule has 3 rings (SSSR count). The molecule has 2 aromatic rings. The standard InChI is InChI=1S/C13H17N5O/c1-10-8-12(16-15-10)13(19)17-6-2-4-11(9-17)18-7-3-5-14-18/h3,5,7-8,11H,2,4,6,9H2,1H3,(H,15,16)/t11-/m0/s1. The van der Waals surface area contributed by atoms with Crippen LogP contribution in [0.2, 0.25) is 0 Å². The summed E-state index contributed by atoms with van der Waals surface area (Å²) in [6.07, 6.45) is 5.79. The van der Waals surface area contributed by atoms with Gasteiger partial charge in [0, 0.05) is 31.2 Å². The Hall–Kier alpha value is -2.11. The lowest BCUT2D eigenvalue weighted by Crippen LogP contribution is -2.41. The van der Waals surface area contributed by atoms with Gasteiger partial charge in [0.15, 0.2) is 0 Å². The van der Waals surface area contributed by atoms with Crippen LogP contribution in [0.25, 0.3) is 0 Å². The van der Waals surface area contributed by atoms with Crippen molar-refractivity contribution in [1.29, 1.82) is 0 Å². The van der Waals surface area contributed by atoms with Crippen molar-refractivity contribution >= 4 is 5.91 Å². The molecule has 1 N–H and O–H groups in total. The minimum absolute atomic E-state index is 0.00112. The molecule has 2 aromatic heterocycles. The van der Waals surface area contributed by atoms with Gasteiger partial charge in [0.2, 0.25) is 0 Å². The normalized spacial score (nSPS) is 19.6. The summed E-state index contributed by atoms with van der Waals surface area (Å²) in [5.41, 5.74) is 1.41. The summed E-state index contributed by atoms with van der Waals surface area (Å²) < 4.78 is 1.94. The van der Waals surface area contributed by atoms with Gasteiger partial charge in [-0.3, -0.25) is 14.6 Å². The molecule has 100 valence electrons. The molecule has 1 amide bonds. The van der Waals surface area contributed by atoms with E-state index in [9.17, 15) is 4.79 Å². The maximum atomic E-state index is 12.3. The van der Waals surface area contributed by atoms with Crippen molar-refractivity contribution in [2.75, 3.05) is 13.1 Å². The van der Waals surface area contributed by atoms with Crippen LogP contribution in [-0.4, -0.2) is 43.9 Å². The number of nitrogens with zero attached hydrogens (tertiary/aromatic N) is 4. The number of hydrogen-bond donors (Lipinski definition) is 1. The Morgan fingerprint density at radius 2 is 2.42 bits per heavy atom. The Kier molecular flexibility index (Phi) is 3.06. The van der Waals surface area contributed by atoms with Crippen LogP contribution in [0.1, 0.15) is 35.1 Å². The molecule has 1 atom stereocenters. The van der Waals surface area contributed by atoms with E-state index in [0.29, 0.717) is 12.2 Å². The first-order valence-corrected chi connectivity index (χ1v) is 6.54. The average Bonchev–Trinajstić information content (AvgIpc) is 3.09. The molecule has 0 aliphatic carbocycles. The fraction of sp³-hybridized carbons (Fsp3) is 0.462. The lowest BCUT2D eigenvalue weighted by atomic mass is 10.1. The number of H-pyrrole nitrogens is 1. The number of nitrogens with one attached hydrogen (secondary N) is 1. The Morgan fingerprint density at radius 1 is 1.53 bits per heavy atom. The van der Waals surface area contributed by atoms with E-state index in [-0.39, 0.29) is 11.9 Å². The molecule has 0 bridgehead atoms. The van der Waals surface area contributed by atoms with Crippen LogP contribution in [0, 0.1) is 6.92 Å². The highest BCUT2D eigenvalue weighted by atomic mass is 16.2. The number of likely N-dealkylation sites (tertiary alicyclic amines) is 1. The van der Waals surface area contributed by atoms with Crippen LogP contribution in [-0.2, 0) is 0 Å². The predicted molar refractivity (Wildman–Crippen MR) is 69.7 cm³/mol. The summed E-state index contributed by atoms with van der Waals surface area (Å²) in [5, 5.41) is 11.1. The number of aromatic amines is 1. The highest BCUT2D eigenvalue weighted by Gasteiger charge is 2.26. The summed E-state index contributed by atoms with van der Waals surface area (Å²) in [4.78, 5) is 14.2. The number of piperidine rings is 1. The first kappa shape index (κ1) is 12.0. The van der Waals surface area contributed by atoms with Gasteiger partial charge in [-0.05, 0) is 31.9 Å². The van der Waals surface area contributed by atoms with Gasteiger partial charge in [0.1, 0.15) is 5.69 Å². The first-order valence-electron chi connectivity index (χ1n) is 6.54. The predicted octanol–water partition coefficient (Wildman–Crippen LogP) is 1.39. The molecule has 1 aliphatic rings. The molecule has 0 unspecified atom stereocenters. The quantitative estimate of drug-likeness (QED) is 0.886. The van der Waals surface area contributed by atoms with Gasteiger partial charge in [-0.1, -0.05) is 0 Å². The Balaban J connectivity index is 1.73. The van der Waals surface area contributed by atoms with Gasteiger partial charge < -0.3 is 4.90 Å². The number of amides is 1. The molecular weight excluding hydrogens is 242 g/mol. The van der Waals surface area contributed by atoms with Crippen LogP contribution in [0.3, 0.4) is 0 Å². The number of carbonyl (C=O) groups excluding carboxylic acids is 1. The van der Waals surface area contributed by atoms with E-state index in [0.717, 1.165) is 25.1 Å². The van der Waals surface area contributed by atoms with E-state index >= 15 is 0 Å². The van der Waals surface area contributed by atoms with Crippen molar-refractivity contribution < 1.29 is 4.79 Å². The van der Waals surface area contributed by atoms with Gasteiger partial charge in [-0.2, -0.15) is 10.2 Å². The van der Waals surface area contributed by atoms with E-state index in [1.54, 1.807) is 12.3 Å². The van der Waals surface area contributed by atoms with E-state index in [1.165, 1.54) is 0 Å². The van der Waals surface area contributed by atoms with Crippen molar-refractivity contribution in [2.45, 2.75) is 25.8 Å². The summed E-state index contributed by atoms with van der Waals surface area (Å²) in [7, 11) is 0.